The Balaban J connectivity index is 2.24. The summed E-state index contributed by atoms with van der Waals surface area (Å²) in [5, 5.41) is 10.7. The highest BCUT2D eigenvalue weighted by Crippen LogP contribution is 2.09. The molecule has 0 fully saturated rings. The van der Waals surface area contributed by atoms with Crippen molar-refractivity contribution >= 4 is 16.0 Å². The van der Waals surface area contributed by atoms with Gasteiger partial charge in [-0.05, 0) is 5.21 Å². The Morgan fingerprint density at radius 3 is 2.82 bits per heavy atom. The van der Waals surface area contributed by atoms with E-state index in [2.05, 4.69) is 30.1 Å². The molecule has 10 heteroatoms. The third-order valence-electron chi connectivity index (χ3n) is 1.96. The lowest BCUT2D eigenvalue weighted by molar-refractivity contribution is 0.597. The quantitative estimate of drug-likeness (QED) is 0.747. The number of nitrogens with zero attached hydrogens (tertiary/aromatic N) is 5. The van der Waals surface area contributed by atoms with E-state index in [1.807, 2.05) is 6.92 Å². The molecule has 92 valence electrons. The van der Waals surface area contributed by atoms with Gasteiger partial charge in [-0.25, -0.2) is 9.71 Å². The molecule has 2 heterocycles. The van der Waals surface area contributed by atoms with Crippen molar-refractivity contribution in [2.24, 2.45) is 7.05 Å². The lowest BCUT2D eigenvalue weighted by Crippen LogP contribution is -2.14. The maximum Gasteiger partial charge on any atom is 0.281 e. The van der Waals surface area contributed by atoms with Crippen LogP contribution in [-0.2, 0) is 23.5 Å². The normalized spacial score (nSPS) is 11.6. The predicted molar refractivity (Wildman–Crippen MR) is 57.6 cm³/mol. The van der Waals surface area contributed by atoms with Crippen molar-refractivity contribution < 1.29 is 8.42 Å². The molecule has 0 atom stereocenters. The first-order valence-electron chi connectivity index (χ1n) is 4.82. The number of anilines is 1. The van der Waals surface area contributed by atoms with E-state index in [0.29, 0.717) is 12.2 Å². The van der Waals surface area contributed by atoms with Crippen LogP contribution in [0.5, 0.6) is 0 Å². The molecule has 2 rings (SSSR count). The fourth-order valence-electron chi connectivity index (χ4n) is 1.16. The van der Waals surface area contributed by atoms with E-state index in [-0.39, 0.29) is 11.0 Å². The standard InChI is InChI=1S/C7H11N7O2S/c1-3-5-8-4-6(9-5)17(15,16)12-7-10-13-14(2)11-7/h4H,3H2,1-2H3,(H,8,9)(H,11,12). The van der Waals surface area contributed by atoms with E-state index in [9.17, 15) is 8.42 Å². The van der Waals surface area contributed by atoms with Crippen LogP contribution < -0.4 is 4.72 Å². The summed E-state index contributed by atoms with van der Waals surface area (Å²) in [5.41, 5.74) is 0. The van der Waals surface area contributed by atoms with Gasteiger partial charge in [0.25, 0.3) is 16.0 Å². The highest BCUT2D eigenvalue weighted by atomic mass is 32.2. The first-order chi connectivity index (χ1) is 8.01. The maximum atomic E-state index is 11.8. The van der Waals surface area contributed by atoms with E-state index < -0.39 is 10.0 Å². The van der Waals surface area contributed by atoms with E-state index in [4.69, 9.17) is 0 Å². The number of aryl methyl sites for hydroxylation is 2. The summed E-state index contributed by atoms with van der Waals surface area (Å²) in [6.45, 7) is 1.87. The van der Waals surface area contributed by atoms with Gasteiger partial charge >= 0.3 is 0 Å². The second-order valence-electron chi connectivity index (χ2n) is 3.26. The topological polar surface area (TPSA) is 118 Å². The van der Waals surface area contributed by atoms with Crippen LogP contribution >= 0.6 is 0 Å². The summed E-state index contributed by atoms with van der Waals surface area (Å²) < 4.78 is 25.9. The Bertz CT molecular complexity index is 614. The fourth-order valence-corrected chi connectivity index (χ4v) is 2.04. The SMILES string of the molecule is CCc1ncc(S(=O)(=O)Nc2nnn(C)n2)[nH]1. The Hall–Kier alpha value is -1.97. The fraction of sp³-hybridized carbons (Fsp3) is 0.429. The molecule has 0 aliphatic carbocycles. The molecule has 0 saturated heterocycles. The summed E-state index contributed by atoms with van der Waals surface area (Å²) in [5.74, 6) is 0.512. The van der Waals surface area contributed by atoms with Gasteiger partial charge in [-0.15, -0.1) is 5.10 Å². The molecule has 2 aromatic heterocycles. The molecule has 9 nitrogen and oxygen atoms in total. The van der Waals surface area contributed by atoms with E-state index in [1.54, 1.807) is 0 Å². The second kappa shape index (κ2) is 4.13. The molecule has 2 aromatic rings. The van der Waals surface area contributed by atoms with Crippen LogP contribution in [0.2, 0.25) is 0 Å². The lowest BCUT2D eigenvalue weighted by Gasteiger charge is -1.99. The predicted octanol–water partition coefficient (Wildman–Crippen LogP) is -0.704. The average molecular weight is 257 g/mol. The Morgan fingerprint density at radius 1 is 1.53 bits per heavy atom. The van der Waals surface area contributed by atoms with Crippen LogP contribution in [-0.4, -0.2) is 38.6 Å². The summed E-state index contributed by atoms with van der Waals surface area (Å²) in [7, 11) is -2.20. The summed E-state index contributed by atoms with van der Waals surface area (Å²) in [4.78, 5) is 7.75. The number of aromatic nitrogens is 6. The number of tetrazole rings is 1. The molecule has 0 bridgehead atoms. The third kappa shape index (κ3) is 2.41. The van der Waals surface area contributed by atoms with E-state index in [0.717, 1.165) is 4.80 Å². The molecule has 2 N–H and O–H groups in total. The third-order valence-corrected chi connectivity index (χ3v) is 3.20. The van der Waals surface area contributed by atoms with Crippen LogP contribution in [0.1, 0.15) is 12.7 Å². The molecule has 17 heavy (non-hydrogen) atoms. The van der Waals surface area contributed by atoms with Gasteiger partial charge in [0.2, 0.25) is 0 Å². The van der Waals surface area contributed by atoms with Gasteiger partial charge in [-0.2, -0.15) is 13.2 Å². The molecule has 0 amide bonds. The van der Waals surface area contributed by atoms with Crippen LogP contribution in [0.25, 0.3) is 0 Å². The van der Waals surface area contributed by atoms with Crippen molar-refractivity contribution in [2.75, 3.05) is 4.72 Å². The first kappa shape index (κ1) is 11.5. The number of hydrogen-bond donors (Lipinski definition) is 2. The van der Waals surface area contributed by atoms with Crippen LogP contribution in [0.15, 0.2) is 11.2 Å². The molecule has 0 aromatic carbocycles. The van der Waals surface area contributed by atoms with Gasteiger partial charge in [0.1, 0.15) is 5.82 Å². The number of nitrogens with one attached hydrogen (secondary N) is 2. The average Bonchev–Trinajstić information content (AvgIpc) is 2.86. The maximum absolute atomic E-state index is 11.8. The Kier molecular flexibility index (Phi) is 2.79. The highest BCUT2D eigenvalue weighted by Gasteiger charge is 2.19. The monoisotopic (exact) mass is 257 g/mol. The molecule has 0 saturated carbocycles. The molecule has 0 aliphatic rings. The molecular formula is C7H11N7O2S. The van der Waals surface area contributed by atoms with Crippen molar-refractivity contribution in [3.8, 4) is 0 Å². The van der Waals surface area contributed by atoms with Gasteiger partial charge in [0.15, 0.2) is 5.03 Å². The molecule has 0 spiro atoms. The number of sulfonamides is 1. The Morgan fingerprint density at radius 2 is 2.29 bits per heavy atom. The zero-order chi connectivity index (χ0) is 12.5. The van der Waals surface area contributed by atoms with Crippen LogP contribution in [0.4, 0.5) is 5.95 Å². The van der Waals surface area contributed by atoms with Crippen LogP contribution in [0, 0.1) is 0 Å². The van der Waals surface area contributed by atoms with Crippen molar-refractivity contribution in [2.45, 2.75) is 18.4 Å². The van der Waals surface area contributed by atoms with Crippen molar-refractivity contribution in [1.82, 2.24) is 30.2 Å². The van der Waals surface area contributed by atoms with Gasteiger partial charge in [0.05, 0.1) is 13.2 Å². The van der Waals surface area contributed by atoms with Gasteiger partial charge < -0.3 is 4.98 Å². The van der Waals surface area contributed by atoms with E-state index >= 15 is 0 Å². The number of aromatic amines is 1. The minimum atomic E-state index is -3.74. The summed E-state index contributed by atoms with van der Waals surface area (Å²) >= 11 is 0. The molecule has 0 aliphatic heterocycles. The van der Waals surface area contributed by atoms with Crippen molar-refractivity contribution in [3.05, 3.63) is 12.0 Å². The first-order valence-corrected chi connectivity index (χ1v) is 6.30. The Labute approximate surface area is 97.3 Å². The number of H-pyrrole nitrogens is 1. The van der Waals surface area contributed by atoms with Gasteiger partial charge in [-0.1, -0.05) is 12.0 Å². The number of imidazole rings is 1. The summed E-state index contributed by atoms with van der Waals surface area (Å²) in [6, 6.07) is 0. The minimum Gasteiger partial charge on any atom is -0.332 e. The molecule has 0 radical (unpaired) electrons. The largest absolute Gasteiger partial charge is 0.332 e. The number of rotatable bonds is 4. The summed E-state index contributed by atoms with van der Waals surface area (Å²) in [6.07, 6.45) is 1.87. The lowest BCUT2D eigenvalue weighted by atomic mass is 10.5. The van der Waals surface area contributed by atoms with Gasteiger partial charge in [0, 0.05) is 6.42 Å². The molecule has 0 unspecified atom stereocenters. The van der Waals surface area contributed by atoms with Crippen molar-refractivity contribution in [3.63, 3.8) is 0 Å². The van der Waals surface area contributed by atoms with Crippen LogP contribution in [0.3, 0.4) is 0 Å². The van der Waals surface area contributed by atoms with Crippen molar-refractivity contribution in [1.29, 1.82) is 0 Å². The van der Waals surface area contributed by atoms with E-state index in [1.165, 1.54) is 13.2 Å². The molecular weight excluding hydrogens is 246 g/mol. The zero-order valence-electron chi connectivity index (χ0n) is 9.25. The minimum absolute atomic E-state index is 0.0261. The smallest absolute Gasteiger partial charge is 0.281 e. The highest BCUT2D eigenvalue weighted by molar-refractivity contribution is 7.92. The zero-order valence-corrected chi connectivity index (χ0v) is 10.1. The second-order valence-corrected chi connectivity index (χ2v) is 4.91. The van der Waals surface area contributed by atoms with Gasteiger partial charge in [-0.3, -0.25) is 0 Å². The number of hydrogen-bond acceptors (Lipinski definition) is 6.